The van der Waals surface area contributed by atoms with Gasteiger partial charge in [0, 0.05) is 11.9 Å². The number of pyridine rings is 2. The fourth-order valence-electron chi connectivity index (χ4n) is 4.88. The summed E-state index contributed by atoms with van der Waals surface area (Å²) in [6, 6.07) is 10.2. The van der Waals surface area contributed by atoms with E-state index in [4.69, 9.17) is 16.6 Å². The van der Waals surface area contributed by atoms with Gasteiger partial charge in [-0.2, -0.15) is 0 Å². The monoisotopic (exact) mass is 438 g/mol. The molecule has 2 fully saturated rings. The van der Waals surface area contributed by atoms with Crippen molar-refractivity contribution in [2.24, 2.45) is 17.8 Å². The lowest BCUT2D eigenvalue weighted by Crippen LogP contribution is -2.28. The van der Waals surface area contributed by atoms with E-state index >= 15 is 0 Å². The number of hydrogen-bond acceptors (Lipinski definition) is 3. The van der Waals surface area contributed by atoms with Crippen LogP contribution >= 0.6 is 36.4 Å². The molecule has 3 aromatic heterocycles. The summed E-state index contributed by atoms with van der Waals surface area (Å²) in [6.07, 6.45) is 8.95. The van der Waals surface area contributed by atoms with Crippen LogP contribution in [0.4, 0.5) is 0 Å². The zero-order valence-corrected chi connectivity index (χ0v) is 17.9. The molecule has 4 heterocycles. The van der Waals surface area contributed by atoms with Crippen LogP contribution < -0.4 is 5.32 Å². The summed E-state index contributed by atoms with van der Waals surface area (Å²) < 4.78 is 2.02. The molecule has 4 nitrogen and oxygen atoms in total. The van der Waals surface area contributed by atoms with Crippen molar-refractivity contribution in [3.05, 3.63) is 53.4 Å². The van der Waals surface area contributed by atoms with Gasteiger partial charge in [-0.25, -0.2) is 4.98 Å². The summed E-state index contributed by atoms with van der Waals surface area (Å²) in [5.74, 6) is 2.45. The second-order valence-corrected chi connectivity index (χ2v) is 8.15. The van der Waals surface area contributed by atoms with E-state index in [0.29, 0.717) is 5.02 Å². The van der Waals surface area contributed by atoms with E-state index in [1.165, 1.54) is 38.0 Å². The largest absolute Gasteiger partial charge is 0.316 e. The molecule has 1 saturated heterocycles. The molecule has 1 N–H and O–H groups in total. The van der Waals surface area contributed by atoms with Crippen molar-refractivity contribution in [2.45, 2.75) is 25.7 Å². The average Bonchev–Trinajstić information content (AvgIpc) is 3.29. The number of hydrogen-bond donors (Lipinski definition) is 1. The Morgan fingerprint density at radius 3 is 2.89 bits per heavy atom. The van der Waals surface area contributed by atoms with Crippen molar-refractivity contribution < 1.29 is 0 Å². The quantitative estimate of drug-likeness (QED) is 0.619. The van der Waals surface area contributed by atoms with Gasteiger partial charge in [-0.3, -0.25) is 9.38 Å². The number of rotatable bonds is 3. The van der Waals surface area contributed by atoms with Crippen molar-refractivity contribution in [3.63, 3.8) is 0 Å². The highest BCUT2D eigenvalue weighted by Gasteiger charge is 2.36. The van der Waals surface area contributed by atoms with Crippen molar-refractivity contribution in [1.29, 1.82) is 0 Å². The minimum absolute atomic E-state index is 0. The van der Waals surface area contributed by atoms with Gasteiger partial charge in [0.25, 0.3) is 0 Å². The van der Waals surface area contributed by atoms with Gasteiger partial charge in [0.05, 0.1) is 22.6 Å². The zero-order chi connectivity index (χ0) is 17.5. The standard InChI is InChI=1S/C21H23ClN4.2ClH/c22-16-7-8-21-24-12-20(26(21)13-16)19-6-2-5-17(25-19)9-14-3-1-4-15-10-23-11-18(14)15;;/h2,5-8,12-15,18,23H,1,3-4,9-11H2;2*1H/t14-,15-,18-;;/m0../s1. The lowest BCUT2D eigenvalue weighted by atomic mass is 9.72. The van der Waals surface area contributed by atoms with E-state index in [1.807, 2.05) is 28.9 Å². The molecule has 1 saturated carbocycles. The fraction of sp³-hybridized carbons (Fsp3) is 0.429. The molecule has 1 aliphatic carbocycles. The van der Waals surface area contributed by atoms with E-state index in [1.54, 1.807) is 0 Å². The first-order chi connectivity index (χ1) is 12.8. The van der Waals surface area contributed by atoms with E-state index in [9.17, 15) is 0 Å². The number of nitrogens with zero attached hydrogens (tertiary/aromatic N) is 3. The van der Waals surface area contributed by atoms with Gasteiger partial charge in [0.1, 0.15) is 5.65 Å². The summed E-state index contributed by atoms with van der Waals surface area (Å²) in [4.78, 5) is 9.46. The van der Waals surface area contributed by atoms with Crippen LogP contribution in [0.15, 0.2) is 42.7 Å². The number of imidazole rings is 1. The molecular formula is C21H25Cl3N4. The molecule has 0 unspecified atom stereocenters. The number of aromatic nitrogens is 3. The predicted molar refractivity (Wildman–Crippen MR) is 119 cm³/mol. The molecule has 3 atom stereocenters. The third-order valence-corrected chi connectivity index (χ3v) is 6.38. The van der Waals surface area contributed by atoms with Gasteiger partial charge >= 0.3 is 0 Å². The Morgan fingerprint density at radius 1 is 1.11 bits per heavy atom. The van der Waals surface area contributed by atoms with E-state index < -0.39 is 0 Å². The predicted octanol–water partition coefficient (Wildman–Crippen LogP) is 5.07. The highest BCUT2D eigenvalue weighted by molar-refractivity contribution is 6.30. The molecule has 1 aliphatic heterocycles. The summed E-state index contributed by atoms with van der Waals surface area (Å²) in [7, 11) is 0. The topological polar surface area (TPSA) is 42.2 Å². The number of halogens is 3. The van der Waals surface area contributed by atoms with Crippen LogP contribution in [0.3, 0.4) is 0 Å². The Labute approximate surface area is 182 Å². The Hall–Kier alpha value is -1.33. The van der Waals surface area contributed by atoms with Gasteiger partial charge in [0.15, 0.2) is 0 Å². The molecule has 28 heavy (non-hydrogen) atoms. The maximum absolute atomic E-state index is 6.17. The maximum atomic E-state index is 6.17. The second-order valence-electron chi connectivity index (χ2n) is 7.71. The van der Waals surface area contributed by atoms with E-state index in [-0.39, 0.29) is 24.8 Å². The third-order valence-electron chi connectivity index (χ3n) is 6.16. The SMILES string of the molecule is Cl.Cl.Clc1ccc2ncc(-c3cccc(C[C@@H]4CCC[C@H]5CNC[C@H]54)n3)n2c1. The van der Waals surface area contributed by atoms with Gasteiger partial charge in [-0.05, 0) is 74.4 Å². The second kappa shape index (κ2) is 9.00. The van der Waals surface area contributed by atoms with Crippen molar-refractivity contribution in [3.8, 4) is 11.4 Å². The summed E-state index contributed by atoms with van der Waals surface area (Å²) in [5.41, 5.74) is 4.04. The van der Waals surface area contributed by atoms with E-state index in [0.717, 1.165) is 41.2 Å². The third kappa shape index (κ3) is 4.02. The Morgan fingerprint density at radius 2 is 2.00 bits per heavy atom. The molecule has 3 aromatic rings. The van der Waals surface area contributed by atoms with E-state index in [2.05, 4.69) is 28.5 Å². The lowest BCUT2D eigenvalue weighted by molar-refractivity contribution is 0.197. The highest BCUT2D eigenvalue weighted by Crippen LogP contribution is 2.38. The molecular weight excluding hydrogens is 415 g/mol. The smallest absolute Gasteiger partial charge is 0.137 e. The van der Waals surface area contributed by atoms with Gasteiger partial charge in [0.2, 0.25) is 0 Å². The van der Waals surface area contributed by atoms with Crippen molar-refractivity contribution in [1.82, 2.24) is 19.7 Å². The highest BCUT2D eigenvalue weighted by atomic mass is 35.5. The minimum atomic E-state index is 0. The molecule has 0 bridgehead atoms. The normalized spacial score (nSPS) is 23.7. The molecule has 5 rings (SSSR count). The Bertz CT molecular complexity index is 942. The van der Waals surface area contributed by atoms with Crippen molar-refractivity contribution >= 4 is 42.1 Å². The minimum Gasteiger partial charge on any atom is -0.316 e. The van der Waals surface area contributed by atoms with Crippen LogP contribution in [-0.2, 0) is 6.42 Å². The summed E-state index contributed by atoms with van der Waals surface area (Å²) >= 11 is 6.17. The van der Waals surface area contributed by atoms with Gasteiger partial charge in [-0.15, -0.1) is 24.8 Å². The molecule has 0 spiro atoms. The Kier molecular flexibility index (Phi) is 6.87. The first-order valence-corrected chi connectivity index (χ1v) is 9.95. The van der Waals surface area contributed by atoms with Crippen LogP contribution in [0.2, 0.25) is 5.02 Å². The van der Waals surface area contributed by atoms with Crippen LogP contribution in [0.25, 0.3) is 17.0 Å². The molecule has 0 aromatic carbocycles. The summed E-state index contributed by atoms with van der Waals surface area (Å²) in [6.45, 7) is 2.39. The first kappa shape index (κ1) is 21.4. The molecule has 0 radical (unpaired) electrons. The summed E-state index contributed by atoms with van der Waals surface area (Å²) in [5, 5.41) is 4.30. The lowest BCUT2D eigenvalue weighted by Gasteiger charge is -2.33. The van der Waals surface area contributed by atoms with Crippen LogP contribution in [0.1, 0.15) is 25.0 Å². The molecule has 7 heteroatoms. The fourth-order valence-corrected chi connectivity index (χ4v) is 5.04. The number of nitrogens with one attached hydrogen (secondary N) is 1. The number of fused-ring (bicyclic) bond motifs is 2. The maximum Gasteiger partial charge on any atom is 0.137 e. The van der Waals surface area contributed by atoms with Gasteiger partial charge < -0.3 is 5.32 Å². The van der Waals surface area contributed by atoms with Crippen LogP contribution in [0, 0.1) is 17.8 Å². The van der Waals surface area contributed by atoms with Crippen LogP contribution in [0.5, 0.6) is 0 Å². The molecule has 0 amide bonds. The first-order valence-electron chi connectivity index (χ1n) is 9.57. The molecule has 150 valence electrons. The van der Waals surface area contributed by atoms with Crippen LogP contribution in [-0.4, -0.2) is 27.5 Å². The molecule has 2 aliphatic rings. The van der Waals surface area contributed by atoms with Crippen molar-refractivity contribution in [2.75, 3.05) is 13.1 Å². The zero-order valence-electron chi connectivity index (χ0n) is 15.6. The Balaban J connectivity index is 0.00000112. The average molecular weight is 440 g/mol. The van der Waals surface area contributed by atoms with Gasteiger partial charge in [-0.1, -0.05) is 24.1 Å².